The monoisotopic (exact) mass is 373 g/mol. The van der Waals surface area contributed by atoms with Crippen molar-refractivity contribution in [3.8, 4) is 0 Å². The number of nitro groups is 1. The zero-order valence-corrected chi connectivity index (χ0v) is 14.0. The molecular formula is C18H12FNO5S. The number of hydrogen-bond acceptors (Lipinski definition) is 5. The van der Waals surface area contributed by atoms with Gasteiger partial charge >= 0.3 is 5.88 Å². The van der Waals surface area contributed by atoms with Crippen molar-refractivity contribution < 1.29 is 22.1 Å². The molecule has 0 amide bonds. The van der Waals surface area contributed by atoms with Crippen LogP contribution in [0.25, 0.3) is 11.0 Å². The van der Waals surface area contributed by atoms with E-state index in [-0.39, 0.29) is 15.6 Å². The minimum absolute atomic E-state index is 0.00687. The predicted octanol–water partition coefficient (Wildman–Crippen LogP) is 4.30. The fourth-order valence-corrected chi connectivity index (χ4v) is 3.71. The first kappa shape index (κ1) is 17.6. The highest BCUT2D eigenvalue weighted by Crippen LogP contribution is 2.32. The molecule has 0 aliphatic carbocycles. The van der Waals surface area contributed by atoms with Crippen LogP contribution < -0.4 is 0 Å². The Kier molecular flexibility index (Phi) is 4.68. The first-order valence-corrected chi connectivity index (χ1v) is 8.88. The molecule has 0 saturated heterocycles. The topological polar surface area (TPSA) is 90.4 Å². The molecule has 26 heavy (non-hydrogen) atoms. The van der Waals surface area contributed by atoms with Crippen molar-refractivity contribution in [3.63, 3.8) is 0 Å². The number of sulfone groups is 1. The van der Waals surface area contributed by atoms with E-state index < -0.39 is 26.5 Å². The van der Waals surface area contributed by atoms with Gasteiger partial charge in [-0.25, -0.2) is 12.8 Å². The van der Waals surface area contributed by atoms with Crippen molar-refractivity contribution in [2.45, 2.75) is 4.90 Å². The zero-order chi connectivity index (χ0) is 18.7. The first-order valence-electron chi connectivity index (χ1n) is 7.40. The first-order chi connectivity index (χ1) is 12.4. The molecule has 0 aliphatic rings. The van der Waals surface area contributed by atoms with E-state index in [4.69, 9.17) is 4.42 Å². The highest BCUT2D eigenvalue weighted by Gasteiger charge is 2.26. The highest BCUT2D eigenvalue weighted by atomic mass is 32.2. The molecule has 6 nitrogen and oxygen atoms in total. The smallest absolute Gasteiger partial charge is 0.400 e. The molecule has 2 aromatic carbocycles. The summed E-state index contributed by atoms with van der Waals surface area (Å²) in [6.07, 6.45) is 1.28. The number of furan rings is 1. The largest absolute Gasteiger partial charge is 0.433 e. The van der Waals surface area contributed by atoms with E-state index >= 15 is 0 Å². The summed E-state index contributed by atoms with van der Waals surface area (Å²) in [7, 11) is -4.02. The lowest BCUT2D eigenvalue weighted by Crippen LogP contribution is -2.03. The second-order valence-electron chi connectivity index (χ2n) is 5.27. The maximum absolute atomic E-state index is 13.1. The minimum atomic E-state index is -4.02. The van der Waals surface area contributed by atoms with Gasteiger partial charge in [-0.3, -0.25) is 10.1 Å². The van der Waals surface area contributed by atoms with Gasteiger partial charge in [-0.2, -0.15) is 0 Å². The van der Waals surface area contributed by atoms with E-state index in [1.807, 2.05) is 0 Å². The average molecular weight is 373 g/mol. The third kappa shape index (κ3) is 3.55. The molecule has 0 spiro atoms. The third-order valence-electron chi connectivity index (χ3n) is 3.53. The molecule has 3 rings (SSSR count). The Bertz CT molecular complexity index is 1070. The van der Waals surface area contributed by atoms with E-state index in [1.54, 1.807) is 18.2 Å². The van der Waals surface area contributed by atoms with Crippen LogP contribution in [0, 0.1) is 15.9 Å². The van der Waals surface area contributed by atoms with Gasteiger partial charge in [0.2, 0.25) is 9.84 Å². The molecule has 0 N–H and O–H groups in total. The lowest BCUT2D eigenvalue weighted by Gasteiger charge is -2.07. The molecular weight excluding hydrogens is 361 g/mol. The van der Waals surface area contributed by atoms with Gasteiger partial charge in [0.1, 0.15) is 15.6 Å². The number of nitrogens with zero attached hydrogens (tertiary/aromatic N) is 1. The zero-order valence-electron chi connectivity index (χ0n) is 13.2. The second kappa shape index (κ2) is 6.93. The molecule has 0 aliphatic heterocycles. The van der Waals surface area contributed by atoms with Gasteiger partial charge in [0.25, 0.3) is 0 Å². The van der Waals surface area contributed by atoms with Crippen molar-refractivity contribution in [1.82, 2.24) is 0 Å². The molecule has 3 aromatic rings. The molecule has 8 heteroatoms. The lowest BCUT2D eigenvalue weighted by molar-refractivity contribution is -0.402. The summed E-state index contributed by atoms with van der Waals surface area (Å²) in [4.78, 5) is 9.84. The van der Waals surface area contributed by atoms with Gasteiger partial charge < -0.3 is 4.42 Å². The minimum Gasteiger partial charge on any atom is -0.400 e. The van der Waals surface area contributed by atoms with E-state index in [1.165, 1.54) is 48.5 Å². The molecule has 1 aromatic heterocycles. The highest BCUT2D eigenvalue weighted by molar-refractivity contribution is 8.00. The molecule has 132 valence electrons. The lowest BCUT2D eigenvalue weighted by atomic mass is 10.2. The number of hydrogen-bond donors (Lipinski definition) is 0. The van der Waals surface area contributed by atoms with Gasteiger partial charge in [-0.1, -0.05) is 30.3 Å². The van der Waals surface area contributed by atoms with Crippen molar-refractivity contribution in [3.05, 3.63) is 94.0 Å². The summed E-state index contributed by atoms with van der Waals surface area (Å²) in [5.74, 6) is -1.22. The predicted molar refractivity (Wildman–Crippen MR) is 93.3 cm³/mol. The SMILES string of the molecule is O=[N+]([O-])c1ccc(/C(=C/c2ccc(F)cc2)S(=O)(=O)c2ccccc2)o1. The van der Waals surface area contributed by atoms with E-state index in [0.29, 0.717) is 5.56 Å². The van der Waals surface area contributed by atoms with Crippen LogP contribution in [-0.4, -0.2) is 13.3 Å². The molecule has 0 atom stereocenters. The van der Waals surface area contributed by atoms with Crippen LogP contribution in [0.4, 0.5) is 10.3 Å². The number of benzene rings is 2. The van der Waals surface area contributed by atoms with Crippen molar-refractivity contribution in [2.75, 3.05) is 0 Å². The van der Waals surface area contributed by atoms with E-state index in [9.17, 15) is 22.9 Å². The van der Waals surface area contributed by atoms with Crippen LogP contribution in [0.1, 0.15) is 11.3 Å². The Morgan fingerprint density at radius 1 is 1.00 bits per heavy atom. The maximum atomic E-state index is 13.1. The fraction of sp³-hybridized carbons (Fsp3) is 0. The van der Waals surface area contributed by atoms with Gasteiger partial charge in [-0.15, -0.1) is 0 Å². The third-order valence-corrected chi connectivity index (χ3v) is 5.32. The maximum Gasteiger partial charge on any atom is 0.433 e. The van der Waals surface area contributed by atoms with Crippen LogP contribution in [0.15, 0.2) is 76.0 Å². The summed E-state index contributed by atoms with van der Waals surface area (Å²) in [5.41, 5.74) is 0.403. The number of rotatable bonds is 5. The van der Waals surface area contributed by atoms with Crippen LogP contribution in [0.5, 0.6) is 0 Å². The Morgan fingerprint density at radius 2 is 1.65 bits per heavy atom. The molecule has 0 unspecified atom stereocenters. The van der Waals surface area contributed by atoms with E-state index in [2.05, 4.69) is 0 Å². The molecule has 0 bridgehead atoms. The van der Waals surface area contributed by atoms with Gasteiger partial charge in [-0.05, 0) is 42.0 Å². The summed E-state index contributed by atoms with van der Waals surface area (Å²) < 4.78 is 44.2. The molecule has 0 radical (unpaired) electrons. The second-order valence-corrected chi connectivity index (χ2v) is 7.19. The Hall–Kier alpha value is -3.26. The van der Waals surface area contributed by atoms with Gasteiger partial charge in [0.05, 0.1) is 11.0 Å². The van der Waals surface area contributed by atoms with Gasteiger partial charge in [0.15, 0.2) is 5.76 Å². The Balaban J connectivity index is 2.18. The Labute approximate surface area is 148 Å². The van der Waals surface area contributed by atoms with Crippen LogP contribution in [0.3, 0.4) is 0 Å². The Morgan fingerprint density at radius 3 is 2.23 bits per heavy atom. The molecule has 0 fully saturated rings. The van der Waals surface area contributed by atoms with Crippen LogP contribution >= 0.6 is 0 Å². The van der Waals surface area contributed by atoms with E-state index in [0.717, 1.165) is 6.07 Å². The fourth-order valence-electron chi connectivity index (χ4n) is 2.28. The summed E-state index contributed by atoms with van der Waals surface area (Å²) in [6.45, 7) is 0. The summed E-state index contributed by atoms with van der Waals surface area (Å²) in [6, 6.07) is 15.1. The normalized spacial score (nSPS) is 12.1. The average Bonchev–Trinajstić information content (AvgIpc) is 3.12. The standard InChI is InChI=1S/C18H12FNO5S/c19-14-8-6-13(7-9-14)12-17(16-10-11-18(25-16)20(21)22)26(23,24)15-4-2-1-3-5-15/h1-12H/b17-12-. The number of halogens is 1. The van der Waals surface area contributed by atoms with Crippen molar-refractivity contribution in [1.29, 1.82) is 0 Å². The molecule has 0 saturated carbocycles. The van der Waals surface area contributed by atoms with Crippen molar-refractivity contribution >= 4 is 26.7 Å². The summed E-state index contributed by atoms with van der Waals surface area (Å²) >= 11 is 0. The molecule has 1 heterocycles. The van der Waals surface area contributed by atoms with Crippen molar-refractivity contribution in [2.24, 2.45) is 0 Å². The van der Waals surface area contributed by atoms with Crippen LogP contribution in [-0.2, 0) is 9.84 Å². The van der Waals surface area contributed by atoms with Crippen LogP contribution in [0.2, 0.25) is 0 Å². The van der Waals surface area contributed by atoms with Gasteiger partial charge in [0, 0.05) is 0 Å². The summed E-state index contributed by atoms with van der Waals surface area (Å²) in [5, 5.41) is 10.9. The quantitative estimate of drug-likeness (QED) is 0.491.